The van der Waals surface area contributed by atoms with E-state index in [0.29, 0.717) is 5.75 Å². The topological polar surface area (TPSA) is 71.5 Å². The minimum Gasteiger partial charge on any atom is -0.481 e. The van der Waals surface area contributed by atoms with Gasteiger partial charge in [-0.15, -0.1) is 12.6 Å². The van der Waals surface area contributed by atoms with Gasteiger partial charge >= 0.3 is 5.97 Å². The molecule has 0 unspecified atom stereocenters. The first-order valence-corrected chi connectivity index (χ1v) is 10.3. The highest BCUT2D eigenvalue weighted by Crippen LogP contribution is 2.35. The monoisotopic (exact) mass is 450 g/mol. The molecule has 3 aromatic carbocycles. The molecular formula is C25H23FN2O3S. The third kappa shape index (κ3) is 6.29. The number of carboxylic acids is 1. The first kappa shape index (κ1) is 23.2. The number of hydrogen-bond acceptors (Lipinski definition) is 5. The predicted octanol–water partition coefficient (Wildman–Crippen LogP) is 5.20. The Bertz CT molecular complexity index is 1170. The Labute approximate surface area is 191 Å². The molecule has 7 heteroatoms. The third-order valence-electron chi connectivity index (χ3n) is 4.54. The summed E-state index contributed by atoms with van der Waals surface area (Å²) in [4.78, 5) is 16.0. The second kappa shape index (κ2) is 11.3. The molecular weight excluding hydrogens is 427 g/mol. The number of fused-ring (bicyclic) bond motifs is 1. The first-order chi connectivity index (χ1) is 15.5. The van der Waals surface area contributed by atoms with Gasteiger partial charge in [0.15, 0.2) is 6.61 Å². The number of carbonyl (C=O) groups is 1. The number of rotatable bonds is 6. The molecule has 0 fully saturated rings. The number of carboxylic acid groups (broad SMARTS) is 1. The van der Waals surface area contributed by atoms with Gasteiger partial charge in [-0.05, 0) is 66.7 Å². The minimum atomic E-state index is -1.00. The van der Waals surface area contributed by atoms with Crippen molar-refractivity contribution in [1.82, 2.24) is 10.3 Å². The van der Waals surface area contributed by atoms with Gasteiger partial charge in [0.05, 0.1) is 5.52 Å². The first-order valence-electron chi connectivity index (χ1n) is 9.88. The van der Waals surface area contributed by atoms with Gasteiger partial charge in [0.25, 0.3) is 0 Å². The lowest BCUT2D eigenvalue weighted by molar-refractivity contribution is -0.139. The predicted molar refractivity (Wildman–Crippen MR) is 127 cm³/mol. The van der Waals surface area contributed by atoms with Crippen LogP contribution >= 0.6 is 12.6 Å². The molecule has 0 aliphatic heterocycles. The van der Waals surface area contributed by atoms with Crippen molar-refractivity contribution in [1.29, 1.82) is 0 Å². The number of thiol groups is 1. The van der Waals surface area contributed by atoms with E-state index >= 15 is 0 Å². The Balaban J connectivity index is 0.000000305. The van der Waals surface area contributed by atoms with Gasteiger partial charge in [0.1, 0.15) is 11.6 Å². The third-order valence-corrected chi connectivity index (χ3v) is 4.84. The van der Waals surface area contributed by atoms with Gasteiger partial charge in [0, 0.05) is 28.6 Å². The number of ether oxygens (including phenoxy) is 1. The molecule has 2 N–H and O–H groups in total. The molecule has 0 amide bonds. The molecule has 0 saturated carbocycles. The molecule has 0 atom stereocenters. The summed E-state index contributed by atoms with van der Waals surface area (Å²) in [6.07, 6.45) is 1.76. The number of hydrogen-bond donors (Lipinski definition) is 3. The lowest BCUT2D eigenvalue weighted by Gasteiger charge is -2.14. The molecule has 0 aliphatic rings. The number of pyridine rings is 1. The zero-order valence-electron chi connectivity index (χ0n) is 17.5. The summed E-state index contributed by atoms with van der Waals surface area (Å²) in [6.45, 7) is 0.344. The van der Waals surface area contributed by atoms with Crippen molar-refractivity contribution < 1.29 is 19.0 Å². The summed E-state index contributed by atoms with van der Waals surface area (Å²) in [7, 11) is 1.89. The Morgan fingerprint density at radius 3 is 2.53 bits per heavy atom. The second-order valence-electron chi connectivity index (χ2n) is 6.90. The van der Waals surface area contributed by atoms with Crippen LogP contribution in [0.15, 0.2) is 83.9 Å². The van der Waals surface area contributed by atoms with Crippen LogP contribution < -0.4 is 10.1 Å². The molecule has 0 saturated heterocycles. The molecule has 4 aromatic rings. The number of nitrogens with zero attached hydrogens (tertiary/aromatic N) is 1. The van der Waals surface area contributed by atoms with E-state index < -0.39 is 5.97 Å². The quantitative estimate of drug-likeness (QED) is 0.352. The molecule has 1 aromatic heterocycles. The van der Waals surface area contributed by atoms with E-state index in [-0.39, 0.29) is 12.4 Å². The Kier molecular flexibility index (Phi) is 8.19. The number of halogens is 1. The van der Waals surface area contributed by atoms with E-state index in [1.165, 1.54) is 12.1 Å². The SMILES string of the molecule is CNCc1ccc(OCC(=O)O)c(-c2cccc3ncccc23)c1.Fc1ccc(S)cc1. The summed E-state index contributed by atoms with van der Waals surface area (Å²) in [6, 6.07) is 21.5. The highest BCUT2D eigenvalue weighted by Gasteiger charge is 2.12. The molecule has 0 spiro atoms. The van der Waals surface area contributed by atoms with E-state index in [0.717, 1.165) is 39.0 Å². The van der Waals surface area contributed by atoms with Gasteiger partial charge in [-0.1, -0.05) is 24.3 Å². The fraction of sp³-hybridized carbons (Fsp3) is 0.120. The van der Waals surface area contributed by atoms with Crippen molar-refractivity contribution >= 4 is 29.5 Å². The van der Waals surface area contributed by atoms with E-state index in [1.807, 2.05) is 55.6 Å². The minimum absolute atomic E-state index is 0.220. The lowest BCUT2D eigenvalue weighted by atomic mass is 9.98. The van der Waals surface area contributed by atoms with Crippen molar-refractivity contribution in [3.63, 3.8) is 0 Å². The van der Waals surface area contributed by atoms with Gasteiger partial charge < -0.3 is 15.2 Å². The maximum absolute atomic E-state index is 12.1. The van der Waals surface area contributed by atoms with Gasteiger partial charge in [0.2, 0.25) is 0 Å². The van der Waals surface area contributed by atoms with Crippen LogP contribution in [0.1, 0.15) is 5.56 Å². The van der Waals surface area contributed by atoms with E-state index in [2.05, 4.69) is 22.9 Å². The molecule has 32 heavy (non-hydrogen) atoms. The number of nitrogens with one attached hydrogen (secondary N) is 1. The van der Waals surface area contributed by atoms with Crippen LogP contribution in [0.4, 0.5) is 4.39 Å². The Hall–Kier alpha value is -3.42. The van der Waals surface area contributed by atoms with E-state index in [4.69, 9.17) is 9.84 Å². The lowest BCUT2D eigenvalue weighted by Crippen LogP contribution is -2.10. The zero-order valence-corrected chi connectivity index (χ0v) is 18.4. The molecule has 0 radical (unpaired) electrons. The van der Waals surface area contributed by atoms with Gasteiger partial charge in [-0.3, -0.25) is 4.98 Å². The Morgan fingerprint density at radius 2 is 1.84 bits per heavy atom. The van der Waals surface area contributed by atoms with Crippen molar-refractivity contribution in [2.75, 3.05) is 13.7 Å². The second-order valence-corrected chi connectivity index (χ2v) is 7.41. The number of aromatic nitrogens is 1. The molecule has 0 bridgehead atoms. The maximum Gasteiger partial charge on any atom is 0.341 e. The standard InChI is InChI=1S/C19H18N2O3.C6H5FS/c1-20-11-13-7-8-18(24-12-19(22)23)16(10-13)14-4-2-6-17-15(14)5-3-9-21-17;7-5-1-3-6(8)4-2-5/h2-10,20H,11-12H2,1H3,(H,22,23);1-4,8H. The van der Waals surface area contributed by atoms with Crippen LogP contribution in [0.5, 0.6) is 5.75 Å². The van der Waals surface area contributed by atoms with Gasteiger partial charge in [-0.2, -0.15) is 0 Å². The largest absolute Gasteiger partial charge is 0.481 e. The van der Waals surface area contributed by atoms with Crippen LogP contribution in [-0.4, -0.2) is 29.7 Å². The summed E-state index contributed by atoms with van der Waals surface area (Å²) < 4.78 is 17.5. The van der Waals surface area contributed by atoms with Crippen LogP contribution in [0, 0.1) is 5.82 Å². The van der Waals surface area contributed by atoms with Crippen LogP contribution in [0.25, 0.3) is 22.0 Å². The zero-order chi connectivity index (χ0) is 22.9. The van der Waals surface area contributed by atoms with Crippen LogP contribution in [-0.2, 0) is 11.3 Å². The van der Waals surface area contributed by atoms with Crippen LogP contribution in [0.3, 0.4) is 0 Å². The molecule has 4 rings (SSSR count). The van der Waals surface area contributed by atoms with E-state index in [9.17, 15) is 9.18 Å². The average molecular weight is 451 g/mol. The fourth-order valence-corrected chi connectivity index (χ4v) is 3.30. The highest BCUT2D eigenvalue weighted by atomic mass is 32.1. The normalized spacial score (nSPS) is 10.3. The van der Waals surface area contributed by atoms with Gasteiger partial charge in [-0.25, -0.2) is 9.18 Å². The summed E-state index contributed by atoms with van der Waals surface area (Å²) in [5.74, 6) is -0.670. The van der Waals surface area contributed by atoms with Crippen molar-refractivity contribution in [3.05, 3.63) is 90.4 Å². The summed E-state index contributed by atoms with van der Waals surface area (Å²) in [5, 5.41) is 13.0. The van der Waals surface area contributed by atoms with Crippen molar-refractivity contribution in [3.8, 4) is 16.9 Å². The number of benzene rings is 3. The van der Waals surface area contributed by atoms with Crippen molar-refractivity contribution in [2.24, 2.45) is 0 Å². The van der Waals surface area contributed by atoms with E-state index in [1.54, 1.807) is 18.3 Å². The molecule has 1 heterocycles. The van der Waals surface area contributed by atoms with Crippen LogP contribution in [0.2, 0.25) is 0 Å². The maximum atomic E-state index is 12.1. The smallest absolute Gasteiger partial charge is 0.341 e. The highest BCUT2D eigenvalue weighted by molar-refractivity contribution is 7.80. The fourth-order valence-electron chi connectivity index (χ4n) is 3.15. The average Bonchev–Trinajstić information content (AvgIpc) is 2.80. The number of aliphatic carboxylic acids is 1. The summed E-state index contributed by atoms with van der Waals surface area (Å²) >= 11 is 3.97. The van der Waals surface area contributed by atoms with Crippen molar-refractivity contribution in [2.45, 2.75) is 11.4 Å². The molecule has 0 aliphatic carbocycles. The summed E-state index contributed by atoms with van der Waals surface area (Å²) in [5.41, 5.74) is 3.82. The molecule has 5 nitrogen and oxygen atoms in total. The Morgan fingerprint density at radius 1 is 1.06 bits per heavy atom. The molecule has 164 valence electrons.